The molecule has 0 saturated heterocycles. The van der Waals surface area contributed by atoms with E-state index in [9.17, 15) is 0 Å². The van der Waals surface area contributed by atoms with Crippen LogP contribution < -0.4 is 2.89 Å². The number of rotatable bonds is 11. The minimum atomic E-state index is -2.01. The summed E-state index contributed by atoms with van der Waals surface area (Å²) in [5.74, 6) is 0. The smallest absolute Gasteiger partial charge is 0.226 e. The molecular formula is C30H44Cl3N4S2Sn+. The Balaban J connectivity index is 0.000000598. The third-order valence-electron chi connectivity index (χ3n) is 6.02. The van der Waals surface area contributed by atoms with Crippen molar-refractivity contribution in [2.75, 3.05) is 0 Å². The van der Waals surface area contributed by atoms with Crippen LogP contribution in [0, 0.1) is 6.08 Å². The van der Waals surface area contributed by atoms with Crippen LogP contribution in [0.3, 0.4) is 0 Å². The number of unbranched alkanes of at least 4 members (excludes halogenated alkanes) is 3. The van der Waals surface area contributed by atoms with Gasteiger partial charge < -0.3 is 0 Å². The maximum absolute atomic E-state index is 5.64. The molecule has 4 rings (SSSR count). The molecule has 4 heterocycles. The summed E-state index contributed by atoms with van der Waals surface area (Å²) >= 11 is 18.0. The topological polar surface area (TPSA) is 50.5 Å². The molecule has 0 atom stereocenters. The van der Waals surface area contributed by atoms with Gasteiger partial charge in [0.25, 0.3) is 6.20 Å². The molecule has 3 aromatic rings. The molecule has 0 bridgehead atoms. The zero-order chi connectivity index (χ0) is 27.6. The standard InChI is InChI=1S/C8H5ClN2S.C4HCl2N2.C4H3S.3C4H9.2CH4.Sn/c9-8-10-4-3-6(11-8)7-2-1-5-12-7;5-3-1-2-7-4(6)8-3;1-2-4-5-3-1;3*1-3-4-2;;;/h1-5H;2H;1-3H;3*1,3-4H2,2H3;2*1H4;/q;+1;;;;;;;. The van der Waals surface area contributed by atoms with Crippen molar-refractivity contribution >= 4 is 89.2 Å². The molecule has 0 fully saturated rings. The Hall–Kier alpha value is -0.861. The second kappa shape index (κ2) is 22.7. The molecule has 10 heteroatoms. The van der Waals surface area contributed by atoms with Crippen LogP contribution in [-0.4, -0.2) is 38.8 Å². The first-order valence-electron chi connectivity index (χ1n) is 13.1. The van der Waals surface area contributed by atoms with Crippen molar-refractivity contribution in [3.63, 3.8) is 0 Å². The Bertz CT molecular complexity index is 1110. The Morgan fingerprint density at radius 2 is 1.43 bits per heavy atom. The number of allylic oxidation sites excluding steroid dienone is 1. The van der Waals surface area contributed by atoms with Crippen LogP contribution in [0.1, 0.15) is 74.1 Å². The van der Waals surface area contributed by atoms with E-state index in [2.05, 4.69) is 75.6 Å². The molecular weight excluding hydrogens is 706 g/mol. The number of halogens is 3. The van der Waals surface area contributed by atoms with Gasteiger partial charge in [-0.1, -0.05) is 20.9 Å². The summed E-state index contributed by atoms with van der Waals surface area (Å²) in [6.07, 6.45) is 14.1. The molecule has 4 nitrogen and oxygen atoms in total. The van der Waals surface area contributed by atoms with Crippen molar-refractivity contribution in [1.29, 1.82) is 0 Å². The first kappa shape index (κ1) is 39.1. The minimum absolute atomic E-state index is 0. The number of hydrogen-bond acceptors (Lipinski definition) is 6. The summed E-state index contributed by atoms with van der Waals surface area (Å²) in [5, 5.41) is 5.00. The predicted molar refractivity (Wildman–Crippen MR) is 187 cm³/mol. The Kier molecular flexibility index (Phi) is 22.2. The minimum Gasteiger partial charge on any atom is -0.226 e. The van der Waals surface area contributed by atoms with Gasteiger partial charge in [-0.3, -0.25) is 0 Å². The summed E-state index contributed by atoms with van der Waals surface area (Å²) in [6, 6.07) is 10.6. The molecule has 1 aliphatic heterocycles. The van der Waals surface area contributed by atoms with Gasteiger partial charge in [-0.15, -0.1) is 11.3 Å². The molecule has 220 valence electrons. The van der Waals surface area contributed by atoms with E-state index in [0.29, 0.717) is 5.28 Å². The third kappa shape index (κ3) is 14.3. The van der Waals surface area contributed by atoms with E-state index in [0.717, 1.165) is 10.6 Å². The number of aliphatic imine (C=N–C) groups is 2. The van der Waals surface area contributed by atoms with E-state index >= 15 is 0 Å². The fourth-order valence-electron chi connectivity index (χ4n) is 4.05. The molecule has 0 spiro atoms. The molecule has 0 N–H and O–H groups in total. The maximum Gasteiger partial charge on any atom is 0.384 e. The first-order valence-corrected chi connectivity index (χ1v) is 23.4. The van der Waals surface area contributed by atoms with Gasteiger partial charge in [0.15, 0.2) is 0 Å². The van der Waals surface area contributed by atoms with Gasteiger partial charge in [0.05, 0.1) is 10.6 Å². The van der Waals surface area contributed by atoms with Crippen LogP contribution in [0.15, 0.2) is 63.5 Å². The first-order chi connectivity index (χ1) is 18.4. The van der Waals surface area contributed by atoms with Crippen molar-refractivity contribution in [2.24, 2.45) is 9.98 Å². The molecule has 0 unspecified atom stereocenters. The molecule has 0 saturated carbocycles. The fraction of sp³-hybridized carbons (Fsp3) is 0.467. The normalized spacial score (nSPS) is 11.8. The quantitative estimate of drug-likeness (QED) is 0.0848. The molecule has 0 aliphatic carbocycles. The van der Waals surface area contributed by atoms with Crippen LogP contribution in [0.4, 0.5) is 0 Å². The summed E-state index contributed by atoms with van der Waals surface area (Å²) in [4.78, 5) is 16.1. The van der Waals surface area contributed by atoms with Gasteiger partial charge >= 0.3 is 134 Å². The van der Waals surface area contributed by atoms with E-state index in [4.69, 9.17) is 34.8 Å². The van der Waals surface area contributed by atoms with Gasteiger partial charge in [0.1, 0.15) is 0 Å². The predicted octanol–water partition coefficient (Wildman–Crippen LogP) is 11.5. The number of thiophene rings is 2. The molecule has 0 aromatic carbocycles. The van der Waals surface area contributed by atoms with Crippen molar-refractivity contribution in [2.45, 2.75) is 87.5 Å². The van der Waals surface area contributed by atoms with Gasteiger partial charge in [-0.25, -0.2) is 9.97 Å². The molecule has 0 radical (unpaired) electrons. The van der Waals surface area contributed by atoms with Crippen molar-refractivity contribution < 1.29 is 0 Å². The molecule has 3 aromatic heterocycles. The second-order valence-corrected chi connectivity index (χ2v) is 25.9. The third-order valence-corrected chi connectivity index (χ3v) is 26.7. The van der Waals surface area contributed by atoms with Gasteiger partial charge in [-0.2, -0.15) is 9.98 Å². The average molecular weight is 750 g/mol. The largest absolute Gasteiger partial charge is 0.384 e. The SMILES string of the molecule is C.C.CCC[CH2][Sn]([CH2]CCC)([CH2]CCC)[c]1cccs1.ClC1=NC(Cl)=NC=[C+]1.Clc1nccc(-c2cccs2)n1. The fourth-order valence-corrected chi connectivity index (χ4v) is 25.0. The van der Waals surface area contributed by atoms with Crippen molar-refractivity contribution in [1.82, 2.24) is 9.97 Å². The van der Waals surface area contributed by atoms with Crippen LogP contribution in [-0.2, 0) is 0 Å². The molecule has 40 heavy (non-hydrogen) atoms. The summed E-state index contributed by atoms with van der Waals surface area (Å²) < 4.78 is 6.67. The number of hydrogen-bond donors (Lipinski definition) is 0. The van der Waals surface area contributed by atoms with Crippen molar-refractivity contribution in [3.8, 4) is 10.6 Å². The Labute approximate surface area is 269 Å². The second-order valence-electron chi connectivity index (χ2n) is 8.83. The number of aromatic nitrogens is 2. The summed E-state index contributed by atoms with van der Waals surface area (Å²) in [7, 11) is 0. The zero-order valence-corrected chi connectivity index (χ0v) is 29.1. The average Bonchev–Trinajstić information content (AvgIpc) is 3.65. The Morgan fingerprint density at radius 3 is 1.85 bits per heavy atom. The monoisotopic (exact) mass is 749 g/mol. The van der Waals surface area contributed by atoms with Gasteiger partial charge in [-0.05, 0) is 52.3 Å². The maximum atomic E-state index is 5.64. The van der Waals surface area contributed by atoms with Gasteiger partial charge in [0.2, 0.25) is 10.6 Å². The molecule has 1 aliphatic rings. The van der Waals surface area contributed by atoms with E-state index in [1.807, 2.05) is 26.5 Å². The van der Waals surface area contributed by atoms with E-state index in [1.165, 1.54) is 44.7 Å². The molecule has 0 amide bonds. The van der Waals surface area contributed by atoms with Crippen LogP contribution in [0.2, 0.25) is 18.6 Å². The number of nitrogens with zero attached hydrogens (tertiary/aromatic N) is 4. The summed E-state index contributed by atoms with van der Waals surface area (Å²) in [5.41, 5.74) is 0.880. The Morgan fingerprint density at radius 1 is 0.825 bits per heavy atom. The van der Waals surface area contributed by atoms with Crippen LogP contribution >= 0.6 is 57.5 Å². The van der Waals surface area contributed by atoms with E-state index < -0.39 is 18.4 Å². The van der Waals surface area contributed by atoms with Crippen LogP contribution in [0.5, 0.6) is 0 Å². The van der Waals surface area contributed by atoms with Crippen molar-refractivity contribution in [3.05, 3.63) is 64.8 Å². The van der Waals surface area contributed by atoms with Gasteiger partial charge in [0, 0.05) is 6.20 Å². The van der Waals surface area contributed by atoms with E-state index in [1.54, 1.807) is 30.8 Å². The number of amidine groups is 1. The van der Waals surface area contributed by atoms with Crippen LogP contribution in [0.25, 0.3) is 10.6 Å². The zero-order valence-electron chi connectivity index (χ0n) is 22.3. The summed E-state index contributed by atoms with van der Waals surface area (Å²) in [6.45, 7) is 7.06. The van der Waals surface area contributed by atoms with E-state index in [-0.39, 0.29) is 25.3 Å².